The highest BCUT2D eigenvalue weighted by Gasteiger charge is 2.30. The smallest absolute Gasteiger partial charge is 0.163 e. The van der Waals surface area contributed by atoms with Gasteiger partial charge in [0, 0.05) is 24.4 Å². The van der Waals surface area contributed by atoms with Crippen molar-refractivity contribution in [3.05, 3.63) is 100 Å². The van der Waals surface area contributed by atoms with Gasteiger partial charge in [0.1, 0.15) is 11.5 Å². The Morgan fingerprint density at radius 3 is 2.28 bits per heavy atom. The lowest BCUT2D eigenvalue weighted by Gasteiger charge is -2.27. The fourth-order valence-electron chi connectivity index (χ4n) is 6.30. The predicted molar refractivity (Wildman–Crippen MR) is 181 cm³/mol. The molecule has 0 aliphatic rings. The van der Waals surface area contributed by atoms with Gasteiger partial charge in [-0.2, -0.15) is 12.4 Å². The van der Waals surface area contributed by atoms with Crippen LogP contribution in [-0.2, 0) is 37.0 Å². The minimum absolute atomic E-state index is 0.00393. The molecular weight excluding hydrogens is 596 g/mol. The lowest BCUT2D eigenvalue weighted by molar-refractivity contribution is -0.123. The minimum Gasteiger partial charge on any atom is -0.670 e. The number of ketones is 1. The molecule has 0 saturated heterocycles. The zero-order valence-electron chi connectivity index (χ0n) is 27.9. The number of Topliss-reactive ketones (excluding diaryl/α,β-unsaturated/α-hetero) is 1. The number of aliphatic hydroxyl groups is 1. The van der Waals surface area contributed by atoms with E-state index in [1.807, 2.05) is 25.2 Å². The van der Waals surface area contributed by atoms with Gasteiger partial charge in [0.15, 0.2) is 23.0 Å². The van der Waals surface area contributed by atoms with E-state index in [4.69, 9.17) is 9.47 Å². The third kappa shape index (κ3) is 9.30. The van der Waals surface area contributed by atoms with Crippen molar-refractivity contribution < 1.29 is 34.7 Å². The van der Waals surface area contributed by atoms with Crippen molar-refractivity contribution in [1.82, 2.24) is 10.3 Å². The van der Waals surface area contributed by atoms with Gasteiger partial charge in [0.25, 0.3) is 0 Å². The molecule has 4 rings (SSSR count). The summed E-state index contributed by atoms with van der Waals surface area (Å²) >= 11 is 0. The number of aromatic nitrogens is 1. The Morgan fingerprint density at radius 1 is 0.851 bits per heavy atom. The first kappa shape index (κ1) is 35.4. The monoisotopic (exact) mass is 643 g/mol. The van der Waals surface area contributed by atoms with Crippen molar-refractivity contribution in [3.8, 4) is 28.7 Å². The van der Waals surface area contributed by atoms with Gasteiger partial charge in [-0.15, -0.1) is 0 Å². The molecule has 252 valence electrons. The number of methoxy groups -OCH3 is 2. The van der Waals surface area contributed by atoms with Crippen LogP contribution in [0.1, 0.15) is 59.6 Å². The molecule has 0 saturated carbocycles. The molecule has 9 heteroatoms. The molecule has 3 aromatic carbocycles. The fourth-order valence-corrected chi connectivity index (χ4v) is 6.30. The third-order valence-electron chi connectivity index (χ3n) is 8.56. The lowest BCUT2D eigenvalue weighted by atomic mass is 9.80. The van der Waals surface area contributed by atoms with E-state index in [0.717, 1.165) is 27.8 Å². The standard InChI is InChI=1S/C38H47N2O7/c1-23(2)12-32-27(7-9-34(43)38(32)47-5)18-29(13-25-10-11-40-22-25)35(44)20-36(45)31(16-24-6-8-33(42)37(17-24)46-4)28-14-26(21-39-3)15-30(41)19-28/h6-11,14-15,17,19,22-23,29,31,35,39,41-44H,12-13,16,18,20-21H2,1-5H3/q-1/t29-,31-,35-/m1/s1. The molecule has 1 heterocycles. The van der Waals surface area contributed by atoms with Crippen molar-refractivity contribution in [2.24, 2.45) is 11.8 Å². The number of carbonyl (C=O) groups excluding carboxylic acids is 1. The van der Waals surface area contributed by atoms with Crippen LogP contribution in [0.4, 0.5) is 0 Å². The van der Waals surface area contributed by atoms with E-state index in [1.165, 1.54) is 20.3 Å². The van der Waals surface area contributed by atoms with Crippen molar-refractivity contribution in [2.45, 2.75) is 64.5 Å². The van der Waals surface area contributed by atoms with Gasteiger partial charge in [-0.05, 0) is 97.2 Å². The molecule has 0 radical (unpaired) electrons. The average molecular weight is 644 g/mol. The largest absolute Gasteiger partial charge is 0.670 e. The number of phenolic OH excluding ortho intramolecular Hbond substituents is 3. The normalized spacial score (nSPS) is 13.3. The molecule has 9 nitrogen and oxygen atoms in total. The Bertz CT molecular complexity index is 1620. The maximum absolute atomic E-state index is 14.3. The first-order chi connectivity index (χ1) is 22.5. The van der Waals surface area contributed by atoms with E-state index in [0.29, 0.717) is 48.8 Å². The summed E-state index contributed by atoms with van der Waals surface area (Å²) in [5.74, 6) is -0.0751. The number of phenols is 3. The van der Waals surface area contributed by atoms with Crippen LogP contribution in [0.5, 0.6) is 28.7 Å². The van der Waals surface area contributed by atoms with Gasteiger partial charge >= 0.3 is 0 Å². The van der Waals surface area contributed by atoms with E-state index in [2.05, 4.69) is 24.1 Å². The summed E-state index contributed by atoms with van der Waals surface area (Å²) in [6, 6.07) is 15.5. The van der Waals surface area contributed by atoms with Crippen molar-refractivity contribution in [1.29, 1.82) is 0 Å². The second-order valence-electron chi connectivity index (χ2n) is 12.7. The number of hydrogen-bond acceptors (Lipinski definition) is 8. The Labute approximate surface area is 277 Å². The van der Waals surface area contributed by atoms with Crippen LogP contribution in [0.3, 0.4) is 0 Å². The molecule has 0 fully saturated rings. The highest BCUT2D eigenvalue weighted by atomic mass is 16.5. The average Bonchev–Trinajstić information content (AvgIpc) is 3.54. The second kappa shape index (κ2) is 16.4. The van der Waals surface area contributed by atoms with Gasteiger partial charge < -0.3 is 40.2 Å². The summed E-state index contributed by atoms with van der Waals surface area (Å²) < 4.78 is 10.9. The number of ether oxygens (including phenoxy) is 2. The molecule has 4 aromatic rings. The molecule has 0 spiro atoms. The predicted octanol–water partition coefficient (Wildman–Crippen LogP) is 5.44. The summed E-state index contributed by atoms with van der Waals surface area (Å²) in [6.07, 6.45) is 4.26. The number of aromatic hydroxyl groups is 3. The van der Waals surface area contributed by atoms with Gasteiger partial charge in [-0.25, -0.2) is 0 Å². The number of carbonyl (C=O) groups is 1. The summed E-state index contributed by atoms with van der Waals surface area (Å²) in [6.45, 7) is 4.70. The number of aliphatic hydroxyl groups excluding tert-OH is 1. The molecule has 3 atom stereocenters. The molecule has 5 N–H and O–H groups in total. The lowest BCUT2D eigenvalue weighted by Crippen LogP contribution is -2.30. The van der Waals surface area contributed by atoms with Crippen molar-refractivity contribution in [2.75, 3.05) is 21.3 Å². The van der Waals surface area contributed by atoms with E-state index >= 15 is 0 Å². The zero-order chi connectivity index (χ0) is 34.1. The van der Waals surface area contributed by atoms with Crippen LogP contribution in [0.2, 0.25) is 0 Å². The Kier molecular flexibility index (Phi) is 12.3. The summed E-state index contributed by atoms with van der Waals surface area (Å²) in [7, 11) is 4.82. The fraction of sp³-hybridized carbons (Fsp3) is 0.395. The first-order valence-electron chi connectivity index (χ1n) is 16.0. The van der Waals surface area contributed by atoms with Gasteiger partial charge in [-0.3, -0.25) is 4.79 Å². The molecule has 47 heavy (non-hydrogen) atoms. The van der Waals surface area contributed by atoms with Crippen LogP contribution in [0.15, 0.2) is 67.0 Å². The maximum atomic E-state index is 14.3. The molecule has 0 aliphatic heterocycles. The van der Waals surface area contributed by atoms with Crippen LogP contribution < -0.4 is 19.8 Å². The van der Waals surface area contributed by atoms with Crippen LogP contribution in [-0.4, -0.2) is 53.6 Å². The molecule has 0 amide bonds. The molecule has 0 unspecified atom stereocenters. The highest BCUT2D eigenvalue weighted by Crippen LogP contribution is 2.37. The summed E-state index contributed by atoms with van der Waals surface area (Å²) in [5, 5.41) is 46.2. The Balaban J connectivity index is 1.69. The Hall–Kier alpha value is -4.47. The highest BCUT2D eigenvalue weighted by molar-refractivity contribution is 5.86. The topological polar surface area (TPSA) is 143 Å². The van der Waals surface area contributed by atoms with Crippen molar-refractivity contribution in [3.63, 3.8) is 0 Å². The van der Waals surface area contributed by atoms with Gasteiger partial charge in [0.2, 0.25) is 0 Å². The van der Waals surface area contributed by atoms with Crippen molar-refractivity contribution >= 4 is 5.78 Å². The van der Waals surface area contributed by atoms with Crippen LogP contribution >= 0.6 is 0 Å². The van der Waals surface area contributed by atoms with Gasteiger partial charge in [0.05, 0.1) is 20.3 Å². The van der Waals surface area contributed by atoms with E-state index < -0.39 is 12.0 Å². The number of benzene rings is 3. The minimum atomic E-state index is -1.00. The number of nitrogens with one attached hydrogen (secondary N) is 1. The molecular formula is C38H47N2O7-. The first-order valence-corrected chi connectivity index (χ1v) is 16.0. The maximum Gasteiger partial charge on any atom is 0.163 e. The molecule has 0 aliphatic carbocycles. The number of rotatable bonds is 17. The van der Waals surface area contributed by atoms with Crippen LogP contribution in [0, 0.1) is 11.8 Å². The quantitative estimate of drug-likeness (QED) is 0.102. The van der Waals surface area contributed by atoms with E-state index in [9.17, 15) is 25.2 Å². The Morgan fingerprint density at radius 2 is 1.62 bits per heavy atom. The van der Waals surface area contributed by atoms with Crippen LogP contribution in [0.25, 0.3) is 0 Å². The molecule has 0 bridgehead atoms. The SMILES string of the molecule is CNCc1cc(O)cc([C@@H](Cc2ccc(O)c(OC)c2)C(=O)C[C@@H](O)[C@H](Cc2cc[n-]c2)Cc2ccc(O)c(OC)c2CC(C)C)c1. The summed E-state index contributed by atoms with van der Waals surface area (Å²) in [5.41, 5.74) is 5.02. The number of nitrogens with zero attached hydrogens (tertiary/aromatic N) is 1. The third-order valence-corrected chi connectivity index (χ3v) is 8.56. The van der Waals surface area contributed by atoms with E-state index in [1.54, 1.807) is 42.7 Å². The van der Waals surface area contributed by atoms with E-state index in [-0.39, 0.29) is 41.8 Å². The summed E-state index contributed by atoms with van der Waals surface area (Å²) in [4.78, 5) is 18.5. The molecule has 1 aromatic heterocycles. The van der Waals surface area contributed by atoms with Gasteiger partial charge in [-0.1, -0.05) is 43.7 Å². The second-order valence-corrected chi connectivity index (χ2v) is 12.7. The number of hydrogen-bond donors (Lipinski definition) is 5. The zero-order valence-corrected chi connectivity index (χ0v) is 27.9.